The molecule has 0 saturated carbocycles. The van der Waals surface area contributed by atoms with E-state index in [-0.39, 0.29) is 0 Å². The van der Waals surface area contributed by atoms with Gasteiger partial charge in [0.25, 0.3) is 0 Å². The number of methoxy groups -OCH3 is 2. The summed E-state index contributed by atoms with van der Waals surface area (Å²) in [5.41, 5.74) is 4.67. The zero-order valence-electron chi connectivity index (χ0n) is 16.7. The van der Waals surface area contributed by atoms with Crippen LogP contribution in [0.3, 0.4) is 0 Å². The molecule has 0 radical (unpaired) electrons. The number of ether oxygens (including phenoxy) is 2. The highest BCUT2D eigenvalue weighted by Crippen LogP contribution is 2.27. The molecule has 3 rings (SSSR count). The molecular formula is C22H26N4O2. The Hall–Kier alpha value is -3.28. The zero-order chi connectivity index (χ0) is 19.9. The Morgan fingerprint density at radius 3 is 2.46 bits per heavy atom. The first-order chi connectivity index (χ1) is 13.6. The quantitative estimate of drug-likeness (QED) is 0.601. The van der Waals surface area contributed by atoms with Gasteiger partial charge in [0, 0.05) is 18.4 Å². The van der Waals surface area contributed by atoms with Gasteiger partial charge in [0.1, 0.15) is 5.82 Å². The van der Waals surface area contributed by atoms with E-state index in [1.807, 2.05) is 24.3 Å². The minimum Gasteiger partial charge on any atom is -0.493 e. The molecule has 0 atom stereocenters. The van der Waals surface area contributed by atoms with Crippen LogP contribution in [0.15, 0.2) is 48.7 Å². The van der Waals surface area contributed by atoms with E-state index < -0.39 is 0 Å². The maximum atomic E-state index is 5.35. The molecule has 0 unspecified atom stereocenters. The van der Waals surface area contributed by atoms with Crippen molar-refractivity contribution in [3.8, 4) is 11.5 Å². The zero-order valence-corrected chi connectivity index (χ0v) is 16.7. The average Bonchev–Trinajstić information content (AvgIpc) is 2.71. The molecule has 1 aromatic heterocycles. The Labute approximate surface area is 166 Å². The number of hydrogen-bond acceptors (Lipinski definition) is 6. The van der Waals surface area contributed by atoms with Crippen molar-refractivity contribution >= 4 is 17.5 Å². The minimum atomic E-state index is 0.592. The highest BCUT2D eigenvalue weighted by molar-refractivity contribution is 5.58. The van der Waals surface area contributed by atoms with Gasteiger partial charge in [-0.1, -0.05) is 12.1 Å². The SMILES string of the molecule is COc1ccc(CCNc2nccc(Nc3ccc(C)c(C)c3)n2)cc1OC. The normalized spacial score (nSPS) is 10.4. The Kier molecular flexibility index (Phi) is 6.32. The highest BCUT2D eigenvalue weighted by Gasteiger charge is 2.05. The molecule has 146 valence electrons. The summed E-state index contributed by atoms with van der Waals surface area (Å²) < 4.78 is 10.6. The summed E-state index contributed by atoms with van der Waals surface area (Å²) in [6, 6.07) is 14.0. The Morgan fingerprint density at radius 1 is 0.893 bits per heavy atom. The summed E-state index contributed by atoms with van der Waals surface area (Å²) in [5.74, 6) is 2.81. The summed E-state index contributed by atoms with van der Waals surface area (Å²) in [6.07, 6.45) is 2.56. The molecule has 2 aromatic carbocycles. The first kappa shape index (κ1) is 19.5. The van der Waals surface area contributed by atoms with Gasteiger partial charge in [-0.05, 0) is 67.3 Å². The standard InChI is InChI=1S/C22H26N4O2/c1-15-5-7-18(13-16(15)2)25-21-10-12-24-22(26-21)23-11-9-17-6-8-19(27-3)20(14-17)28-4/h5-8,10,12-14H,9,11H2,1-4H3,(H2,23,24,25,26). The topological polar surface area (TPSA) is 68.3 Å². The fraction of sp³-hybridized carbons (Fsp3) is 0.273. The van der Waals surface area contributed by atoms with Gasteiger partial charge in [-0.15, -0.1) is 0 Å². The Morgan fingerprint density at radius 2 is 1.71 bits per heavy atom. The van der Waals surface area contributed by atoms with Crippen molar-refractivity contribution in [2.75, 3.05) is 31.4 Å². The number of aromatic nitrogens is 2. The number of nitrogens with one attached hydrogen (secondary N) is 2. The third-order valence-electron chi connectivity index (χ3n) is 4.58. The van der Waals surface area contributed by atoms with Gasteiger partial charge in [0.05, 0.1) is 14.2 Å². The molecule has 0 aliphatic carbocycles. The fourth-order valence-electron chi connectivity index (χ4n) is 2.84. The summed E-state index contributed by atoms with van der Waals surface area (Å²) in [7, 11) is 3.27. The molecular weight excluding hydrogens is 352 g/mol. The number of benzene rings is 2. The van der Waals surface area contributed by atoms with Crippen molar-refractivity contribution in [1.29, 1.82) is 0 Å². The average molecular weight is 378 g/mol. The van der Waals surface area contributed by atoms with Crippen LogP contribution in [-0.4, -0.2) is 30.7 Å². The highest BCUT2D eigenvalue weighted by atomic mass is 16.5. The van der Waals surface area contributed by atoms with Crippen LogP contribution in [0.4, 0.5) is 17.5 Å². The van der Waals surface area contributed by atoms with Crippen molar-refractivity contribution in [1.82, 2.24) is 9.97 Å². The summed E-state index contributed by atoms with van der Waals surface area (Å²) in [6.45, 7) is 4.91. The van der Waals surface area contributed by atoms with E-state index in [4.69, 9.17) is 9.47 Å². The largest absolute Gasteiger partial charge is 0.493 e. The van der Waals surface area contributed by atoms with Crippen molar-refractivity contribution in [2.24, 2.45) is 0 Å². The number of hydrogen-bond donors (Lipinski definition) is 2. The van der Waals surface area contributed by atoms with Crippen molar-refractivity contribution in [2.45, 2.75) is 20.3 Å². The molecule has 6 heteroatoms. The van der Waals surface area contributed by atoms with Crippen LogP contribution >= 0.6 is 0 Å². The lowest BCUT2D eigenvalue weighted by Crippen LogP contribution is -2.09. The van der Waals surface area contributed by atoms with Crippen LogP contribution in [0, 0.1) is 13.8 Å². The van der Waals surface area contributed by atoms with Gasteiger partial charge in [-0.25, -0.2) is 4.98 Å². The van der Waals surface area contributed by atoms with Crippen molar-refractivity contribution in [3.63, 3.8) is 0 Å². The van der Waals surface area contributed by atoms with Crippen molar-refractivity contribution < 1.29 is 9.47 Å². The molecule has 3 aromatic rings. The van der Waals surface area contributed by atoms with E-state index in [0.717, 1.165) is 35.0 Å². The van der Waals surface area contributed by atoms with Crippen LogP contribution in [0.1, 0.15) is 16.7 Å². The van der Waals surface area contributed by atoms with Crippen LogP contribution in [0.25, 0.3) is 0 Å². The van der Waals surface area contributed by atoms with Crippen LogP contribution in [0.2, 0.25) is 0 Å². The van der Waals surface area contributed by atoms with E-state index in [9.17, 15) is 0 Å². The van der Waals surface area contributed by atoms with E-state index in [1.165, 1.54) is 11.1 Å². The predicted molar refractivity (Wildman–Crippen MR) is 113 cm³/mol. The Balaban J connectivity index is 1.59. The lowest BCUT2D eigenvalue weighted by molar-refractivity contribution is 0.354. The van der Waals surface area contributed by atoms with Gasteiger partial charge in [0.15, 0.2) is 11.5 Å². The molecule has 0 aliphatic rings. The van der Waals surface area contributed by atoms with E-state index >= 15 is 0 Å². The van der Waals surface area contributed by atoms with Gasteiger partial charge in [0.2, 0.25) is 5.95 Å². The lowest BCUT2D eigenvalue weighted by atomic mass is 10.1. The number of rotatable bonds is 8. The molecule has 0 bridgehead atoms. The molecule has 0 spiro atoms. The second-order valence-corrected chi connectivity index (χ2v) is 6.56. The third-order valence-corrected chi connectivity index (χ3v) is 4.58. The van der Waals surface area contributed by atoms with Crippen LogP contribution in [-0.2, 0) is 6.42 Å². The fourth-order valence-corrected chi connectivity index (χ4v) is 2.84. The van der Waals surface area contributed by atoms with Crippen LogP contribution < -0.4 is 20.1 Å². The molecule has 28 heavy (non-hydrogen) atoms. The maximum absolute atomic E-state index is 5.35. The number of aryl methyl sites for hydroxylation is 2. The second kappa shape index (κ2) is 9.08. The van der Waals surface area contributed by atoms with Gasteiger partial charge in [-0.3, -0.25) is 0 Å². The number of anilines is 3. The molecule has 6 nitrogen and oxygen atoms in total. The maximum Gasteiger partial charge on any atom is 0.224 e. The smallest absolute Gasteiger partial charge is 0.224 e. The van der Waals surface area contributed by atoms with E-state index in [2.05, 4.69) is 52.6 Å². The first-order valence-electron chi connectivity index (χ1n) is 9.21. The van der Waals surface area contributed by atoms with E-state index in [1.54, 1.807) is 20.4 Å². The molecule has 0 amide bonds. The first-order valence-corrected chi connectivity index (χ1v) is 9.21. The minimum absolute atomic E-state index is 0.592. The second-order valence-electron chi connectivity index (χ2n) is 6.56. The van der Waals surface area contributed by atoms with Crippen LogP contribution in [0.5, 0.6) is 11.5 Å². The summed E-state index contributed by atoms with van der Waals surface area (Å²) in [5, 5.41) is 6.60. The van der Waals surface area contributed by atoms with Crippen molar-refractivity contribution in [3.05, 3.63) is 65.4 Å². The number of nitrogens with zero attached hydrogens (tertiary/aromatic N) is 2. The predicted octanol–water partition coefficient (Wildman–Crippen LogP) is 4.51. The van der Waals surface area contributed by atoms with Gasteiger partial charge in [-0.2, -0.15) is 4.98 Å². The summed E-state index contributed by atoms with van der Waals surface area (Å²) in [4.78, 5) is 8.83. The summed E-state index contributed by atoms with van der Waals surface area (Å²) >= 11 is 0. The molecule has 2 N–H and O–H groups in total. The monoisotopic (exact) mass is 378 g/mol. The molecule has 0 aliphatic heterocycles. The Bertz CT molecular complexity index is 944. The lowest BCUT2D eigenvalue weighted by Gasteiger charge is -2.11. The molecule has 0 saturated heterocycles. The van der Waals surface area contributed by atoms with Gasteiger partial charge < -0.3 is 20.1 Å². The third kappa shape index (κ3) is 4.91. The van der Waals surface area contributed by atoms with E-state index in [0.29, 0.717) is 12.5 Å². The molecule has 0 fully saturated rings. The van der Waals surface area contributed by atoms with Gasteiger partial charge >= 0.3 is 0 Å². The molecule has 1 heterocycles.